The molecule has 4 heterocycles. The number of carbonyl (C=O) groups excluding carboxylic acids is 2. The van der Waals surface area contributed by atoms with Gasteiger partial charge in [-0.2, -0.15) is 0 Å². The van der Waals surface area contributed by atoms with Crippen LogP contribution in [-0.2, 0) is 0 Å². The van der Waals surface area contributed by atoms with Gasteiger partial charge in [0.15, 0.2) is 17.1 Å². The molecule has 1 aliphatic heterocycles. The van der Waals surface area contributed by atoms with Gasteiger partial charge >= 0.3 is 0 Å². The number of nitrogens with two attached hydrogens (primary N) is 2. The first-order valence-corrected chi connectivity index (χ1v) is 8.72. The largest absolute Gasteiger partial charge is 0.463 e. The maximum atomic E-state index is 13.3. The molecule has 0 bridgehead atoms. The van der Waals surface area contributed by atoms with E-state index in [0.717, 1.165) is 6.42 Å². The Labute approximate surface area is 155 Å². The summed E-state index contributed by atoms with van der Waals surface area (Å²) in [5.41, 5.74) is 12.2. The minimum Gasteiger partial charge on any atom is -0.463 e. The van der Waals surface area contributed by atoms with E-state index in [1.807, 2.05) is 6.92 Å². The van der Waals surface area contributed by atoms with Crippen molar-refractivity contribution in [1.29, 1.82) is 0 Å². The predicted octanol–water partition coefficient (Wildman–Crippen LogP) is 0.897. The summed E-state index contributed by atoms with van der Waals surface area (Å²) in [6, 6.07) is 5.17. The topological polar surface area (TPSA) is 133 Å². The van der Waals surface area contributed by atoms with Crippen LogP contribution in [0.25, 0.3) is 17.1 Å². The van der Waals surface area contributed by atoms with E-state index in [1.54, 1.807) is 23.1 Å². The van der Waals surface area contributed by atoms with Crippen molar-refractivity contribution in [3.63, 3.8) is 0 Å². The fourth-order valence-corrected chi connectivity index (χ4v) is 3.60. The summed E-state index contributed by atoms with van der Waals surface area (Å²) in [5.74, 6) is -0.128. The lowest BCUT2D eigenvalue weighted by Crippen LogP contribution is -2.35. The Morgan fingerprint density at radius 2 is 2.22 bits per heavy atom. The van der Waals surface area contributed by atoms with Gasteiger partial charge in [-0.15, -0.1) is 0 Å². The van der Waals surface area contributed by atoms with E-state index in [1.165, 1.54) is 17.0 Å². The fraction of sp³-hybridized carbons (Fsp3) is 0.333. The molecule has 3 aromatic heterocycles. The maximum absolute atomic E-state index is 13.3. The second kappa shape index (κ2) is 6.51. The number of hydrogen-bond acceptors (Lipinski definition) is 6. The molecule has 2 unspecified atom stereocenters. The lowest BCUT2D eigenvalue weighted by Gasteiger charge is -2.22. The molecule has 2 atom stereocenters. The number of aromatic nitrogens is 3. The third-order valence-corrected chi connectivity index (χ3v) is 4.98. The van der Waals surface area contributed by atoms with Crippen LogP contribution in [0.1, 0.15) is 34.3 Å². The minimum atomic E-state index is -0.710. The second-order valence-corrected chi connectivity index (χ2v) is 6.80. The van der Waals surface area contributed by atoms with Gasteiger partial charge in [0, 0.05) is 12.6 Å². The number of furan rings is 1. The highest BCUT2D eigenvalue weighted by Gasteiger charge is 2.33. The molecule has 1 saturated heterocycles. The van der Waals surface area contributed by atoms with Gasteiger partial charge in [0.25, 0.3) is 11.8 Å². The Balaban J connectivity index is 1.86. The highest BCUT2D eigenvalue weighted by Crippen LogP contribution is 2.27. The van der Waals surface area contributed by atoms with Gasteiger partial charge in [0.2, 0.25) is 0 Å². The van der Waals surface area contributed by atoms with Gasteiger partial charge < -0.3 is 20.8 Å². The zero-order valence-electron chi connectivity index (χ0n) is 14.8. The molecule has 140 valence electrons. The molecule has 0 spiro atoms. The minimum absolute atomic E-state index is 0.00626. The van der Waals surface area contributed by atoms with Crippen molar-refractivity contribution < 1.29 is 14.0 Å². The SMILES string of the molecule is CC1CC(CN)CN1C(=O)c1cc(-c2ccco2)nc2c(C(N)=O)ncn12. The molecule has 4 N–H and O–H groups in total. The average Bonchev–Trinajstić information content (AvgIpc) is 3.38. The molecular formula is C18H20N6O3. The smallest absolute Gasteiger partial charge is 0.271 e. The Kier molecular flexibility index (Phi) is 4.15. The van der Waals surface area contributed by atoms with Crippen molar-refractivity contribution in [2.45, 2.75) is 19.4 Å². The number of hydrogen-bond donors (Lipinski definition) is 2. The number of likely N-dealkylation sites (tertiary alicyclic amines) is 1. The van der Waals surface area contributed by atoms with Crippen LogP contribution in [0, 0.1) is 5.92 Å². The number of nitrogens with zero attached hydrogens (tertiary/aromatic N) is 4. The summed E-state index contributed by atoms with van der Waals surface area (Å²) in [5, 5.41) is 0. The summed E-state index contributed by atoms with van der Waals surface area (Å²) >= 11 is 0. The Hall–Kier alpha value is -3.20. The van der Waals surface area contributed by atoms with Crippen LogP contribution in [0.3, 0.4) is 0 Å². The quantitative estimate of drug-likeness (QED) is 0.703. The van der Waals surface area contributed by atoms with Crippen LogP contribution in [0.15, 0.2) is 35.2 Å². The van der Waals surface area contributed by atoms with Crippen LogP contribution in [0.4, 0.5) is 0 Å². The number of primary amides is 1. The standard InChI is InChI=1S/C18H20N6O3/c1-10-5-11(7-19)8-23(10)18(26)13-6-12(14-3-2-4-27-14)22-17-15(16(20)25)21-9-24(13)17/h2-4,6,9-11H,5,7-8,19H2,1H3,(H2,20,25). The molecule has 0 aromatic carbocycles. The van der Waals surface area contributed by atoms with Crippen LogP contribution < -0.4 is 11.5 Å². The summed E-state index contributed by atoms with van der Waals surface area (Å²) in [4.78, 5) is 35.3. The maximum Gasteiger partial charge on any atom is 0.271 e. The van der Waals surface area contributed by atoms with Crippen molar-refractivity contribution >= 4 is 17.5 Å². The molecule has 2 amide bonds. The fourth-order valence-electron chi connectivity index (χ4n) is 3.60. The van der Waals surface area contributed by atoms with Crippen molar-refractivity contribution in [2.75, 3.05) is 13.1 Å². The predicted molar refractivity (Wildman–Crippen MR) is 96.9 cm³/mol. The van der Waals surface area contributed by atoms with Crippen LogP contribution in [-0.4, -0.2) is 50.2 Å². The molecule has 1 fully saturated rings. The van der Waals surface area contributed by atoms with E-state index in [4.69, 9.17) is 15.9 Å². The molecule has 3 aromatic rings. The summed E-state index contributed by atoms with van der Waals surface area (Å²) in [6.45, 7) is 3.13. The zero-order chi connectivity index (χ0) is 19.1. The molecule has 0 aliphatic carbocycles. The first kappa shape index (κ1) is 17.2. The monoisotopic (exact) mass is 368 g/mol. The molecule has 1 aliphatic rings. The van der Waals surface area contributed by atoms with Crippen molar-refractivity contribution in [1.82, 2.24) is 19.3 Å². The summed E-state index contributed by atoms with van der Waals surface area (Å²) < 4.78 is 6.91. The van der Waals surface area contributed by atoms with Gasteiger partial charge in [-0.25, -0.2) is 9.97 Å². The second-order valence-electron chi connectivity index (χ2n) is 6.80. The zero-order valence-corrected chi connectivity index (χ0v) is 14.8. The van der Waals surface area contributed by atoms with Crippen molar-refractivity contribution in [3.8, 4) is 11.5 Å². The Morgan fingerprint density at radius 3 is 2.85 bits per heavy atom. The van der Waals surface area contributed by atoms with E-state index in [2.05, 4.69) is 9.97 Å². The Morgan fingerprint density at radius 1 is 1.41 bits per heavy atom. The van der Waals surface area contributed by atoms with Crippen LogP contribution >= 0.6 is 0 Å². The molecule has 27 heavy (non-hydrogen) atoms. The van der Waals surface area contributed by atoms with Gasteiger partial charge in [-0.1, -0.05) is 0 Å². The van der Waals surface area contributed by atoms with E-state index in [-0.39, 0.29) is 29.2 Å². The van der Waals surface area contributed by atoms with E-state index in [0.29, 0.717) is 30.2 Å². The van der Waals surface area contributed by atoms with Crippen LogP contribution in [0.2, 0.25) is 0 Å². The number of fused-ring (bicyclic) bond motifs is 1. The van der Waals surface area contributed by atoms with Crippen molar-refractivity contribution in [3.05, 3.63) is 42.2 Å². The third kappa shape index (κ3) is 2.85. The average molecular weight is 368 g/mol. The first-order chi connectivity index (χ1) is 13.0. The van der Waals surface area contributed by atoms with Crippen molar-refractivity contribution in [2.24, 2.45) is 17.4 Å². The number of rotatable bonds is 4. The summed E-state index contributed by atoms with van der Waals surface area (Å²) in [6.07, 6.45) is 3.77. The van der Waals surface area contributed by atoms with E-state index in [9.17, 15) is 9.59 Å². The van der Waals surface area contributed by atoms with Gasteiger partial charge in [0.1, 0.15) is 17.7 Å². The van der Waals surface area contributed by atoms with E-state index < -0.39 is 5.91 Å². The number of imidazole rings is 1. The lowest BCUT2D eigenvalue weighted by molar-refractivity contribution is 0.0735. The normalized spacial score (nSPS) is 19.7. The lowest BCUT2D eigenvalue weighted by atomic mass is 10.1. The van der Waals surface area contributed by atoms with Gasteiger partial charge in [-0.3, -0.25) is 14.0 Å². The van der Waals surface area contributed by atoms with Gasteiger partial charge in [0.05, 0.1) is 6.26 Å². The molecular weight excluding hydrogens is 348 g/mol. The number of amides is 2. The molecule has 9 heteroatoms. The summed E-state index contributed by atoms with van der Waals surface area (Å²) in [7, 11) is 0. The molecule has 0 radical (unpaired) electrons. The molecule has 9 nitrogen and oxygen atoms in total. The molecule has 0 saturated carbocycles. The number of carbonyl (C=O) groups is 2. The Bertz CT molecular complexity index is 1010. The highest BCUT2D eigenvalue weighted by molar-refractivity contribution is 5.99. The highest BCUT2D eigenvalue weighted by atomic mass is 16.3. The molecule has 4 rings (SSSR count). The van der Waals surface area contributed by atoms with Crippen LogP contribution in [0.5, 0.6) is 0 Å². The van der Waals surface area contributed by atoms with E-state index >= 15 is 0 Å². The first-order valence-electron chi connectivity index (χ1n) is 8.72. The van der Waals surface area contributed by atoms with Gasteiger partial charge in [-0.05, 0) is 44.0 Å². The third-order valence-electron chi connectivity index (χ3n) is 4.98.